The van der Waals surface area contributed by atoms with Crippen molar-refractivity contribution in [2.24, 2.45) is 20.5 Å². The molecule has 0 fully saturated rings. The van der Waals surface area contributed by atoms with Crippen molar-refractivity contribution in [1.29, 1.82) is 0 Å². The number of hydrogen-bond donors (Lipinski definition) is 0. The fourth-order valence-electron chi connectivity index (χ4n) is 1.52. The van der Waals surface area contributed by atoms with Gasteiger partial charge < -0.3 is 0 Å². The highest BCUT2D eigenvalue weighted by Gasteiger charge is 2.46. The van der Waals surface area contributed by atoms with Crippen molar-refractivity contribution in [3.8, 4) is 12.0 Å². The molecule has 2 aliphatic rings. The molecule has 0 aromatic heterocycles. The maximum absolute atomic E-state index is 4.04. The molecule has 0 saturated heterocycles. The van der Waals surface area contributed by atoms with Crippen LogP contribution >= 0.6 is 0 Å². The van der Waals surface area contributed by atoms with Crippen LogP contribution in [0, 0.1) is 12.0 Å². The standard InChI is InChI=1S/C9H12N4/c1-2-3-4-5-8-9(13-11-8)6-7-10-12-9/h8H,2-5H2,1H3. The Morgan fingerprint density at radius 2 is 2.23 bits per heavy atom. The van der Waals surface area contributed by atoms with Gasteiger partial charge in [-0.15, -0.1) is 10.2 Å². The van der Waals surface area contributed by atoms with Gasteiger partial charge in [-0.05, 0) is 12.3 Å². The van der Waals surface area contributed by atoms with Gasteiger partial charge in [0.05, 0.1) is 6.04 Å². The van der Waals surface area contributed by atoms with Gasteiger partial charge in [0.15, 0.2) is 0 Å². The molecule has 0 N–H and O–H groups in total. The summed E-state index contributed by atoms with van der Waals surface area (Å²) in [7, 11) is 0. The molecule has 0 radical (unpaired) electrons. The van der Waals surface area contributed by atoms with E-state index < -0.39 is 5.66 Å². The van der Waals surface area contributed by atoms with Gasteiger partial charge in [-0.25, -0.2) is 0 Å². The van der Waals surface area contributed by atoms with Crippen LogP contribution in [-0.2, 0) is 0 Å². The first kappa shape index (κ1) is 8.36. The smallest absolute Gasteiger partial charge is 0.181 e. The third-order valence-corrected chi connectivity index (χ3v) is 2.39. The minimum absolute atomic E-state index is 0.165. The average molecular weight is 176 g/mol. The van der Waals surface area contributed by atoms with Gasteiger partial charge in [0.2, 0.25) is 0 Å². The predicted octanol–water partition coefficient (Wildman–Crippen LogP) is 2.52. The molecule has 4 heteroatoms. The molecule has 0 amide bonds. The van der Waals surface area contributed by atoms with Crippen molar-refractivity contribution >= 4 is 0 Å². The lowest BCUT2D eigenvalue weighted by Gasteiger charge is -2.29. The fourth-order valence-corrected chi connectivity index (χ4v) is 1.52. The lowest BCUT2D eigenvalue weighted by molar-refractivity contribution is 0.303. The van der Waals surface area contributed by atoms with E-state index in [1.54, 1.807) is 0 Å². The molecule has 0 aliphatic carbocycles. The van der Waals surface area contributed by atoms with Crippen molar-refractivity contribution in [1.82, 2.24) is 0 Å². The monoisotopic (exact) mass is 176 g/mol. The summed E-state index contributed by atoms with van der Waals surface area (Å²) in [6, 6.07) is 2.75. The summed E-state index contributed by atoms with van der Waals surface area (Å²) in [5.74, 6) is 2.90. The zero-order valence-electron chi connectivity index (χ0n) is 7.69. The quantitative estimate of drug-likeness (QED) is 0.467. The second kappa shape index (κ2) is 3.25. The van der Waals surface area contributed by atoms with Crippen LogP contribution in [-0.4, -0.2) is 11.7 Å². The van der Waals surface area contributed by atoms with Gasteiger partial charge in [-0.2, -0.15) is 5.11 Å². The number of hydrogen-bond acceptors (Lipinski definition) is 4. The van der Waals surface area contributed by atoms with E-state index in [0.717, 1.165) is 6.42 Å². The van der Waals surface area contributed by atoms with Crippen molar-refractivity contribution in [3.05, 3.63) is 0 Å². The Bertz CT molecular complexity index is 309. The topological polar surface area (TPSA) is 49.4 Å². The van der Waals surface area contributed by atoms with E-state index in [2.05, 4.69) is 39.3 Å². The summed E-state index contributed by atoms with van der Waals surface area (Å²) in [6.45, 7) is 2.19. The Labute approximate surface area is 77.5 Å². The Morgan fingerprint density at radius 1 is 1.31 bits per heavy atom. The van der Waals surface area contributed by atoms with Gasteiger partial charge in [0.25, 0.3) is 5.66 Å². The van der Waals surface area contributed by atoms with Gasteiger partial charge in [0, 0.05) is 0 Å². The summed E-state index contributed by atoms with van der Waals surface area (Å²) in [5, 5.41) is 15.6. The van der Waals surface area contributed by atoms with Gasteiger partial charge >= 0.3 is 0 Å². The van der Waals surface area contributed by atoms with E-state index in [-0.39, 0.29) is 6.04 Å². The number of azo groups is 2. The summed E-state index contributed by atoms with van der Waals surface area (Å²) < 4.78 is 0. The molecule has 68 valence electrons. The van der Waals surface area contributed by atoms with E-state index in [0.29, 0.717) is 0 Å². The SMILES string of the molecule is CCCCCC1N=NC12C#CN=N2. The largest absolute Gasteiger partial charge is 0.277 e. The molecule has 4 nitrogen and oxygen atoms in total. The van der Waals surface area contributed by atoms with Crippen LogP contribution in [0.1, 0.15) is 32.6 Å². The minimum atomic E-state index is -0.562. The molecule has 13 heavy (non-hydrogen) atoms. The van der Waals surface area contributed by atoms with Crippen molar-refractivity contribution in [2.45, 2.75) is 44.3 Å². The molecule has 0 saturated carbocycles. The Balaban J connectivity index is 1.87. The Kier molecular flexibility index (Phi) is 2.09. The third-order valence-electron chi connectivity index (χ3n) is 2.39. The first-order valence-electron chi connectivity index (χ1n) is 4.73. The molecule has 0 bridgehead atoms. The molecule has 1 spiro atoms. The molecular weight excluding hydrogens is 164 g/mol. The number of nitrogens with zero attached hydrogens (tertiary/aromatic N) is 4. The van der Waals surface area contributed by atoms with E-state index in [4.69, 9.17) is 0 Å². The summed E-state index contributed by atoms with van der Waals surface area (Å²) in [5.41, 5.74) is -0.562. The van der Waals surface area contributed by atoms with Crippen LogP contribution in [0.2, 0.25) is 0 Å². The fraction of sp³-hybridized carbons (Fsp3) is 0.778. The van der Waals surface area contributed by atoms with Crippen LogP contribution in [0.4, 0.5) is 0 Å². The lowest BCUT2D eigenvalue weighted by Crippen LogP contribution is -2.41. The highest BCUT2D eigenvalue weighted by Crippen LogP contribution is 2.35. The zero-order chi connectivity index (χ0) is 9.15. The third kappa shape index (κ3) is 1.35. The maximum Gasteiger partial charge on any atom is 0.277 e. The molecule has 2 aliphatic heterocycles. The highest BCUT2D eigenvalue weighted by atomic mass is 15.4. The van der Waals surface area contributed by atoms with E-state index >= 15 is 0 Å². The predicted molar refractivity (Wildman–Crippen MR) is 48.1 cm³/mol. The maximum atomic E-state index is 4.04. The molecule has 2 rings (SSSR count). The molecule has 0 aromatic carbocycles. The number of rotatable bonds is 4. The molecular formula is C9H12N4. The van der Waals surface area contributed by atoms with Gasteiger partial charge in [-0.1, -0.05) is 31.3 Å². The van der Waals surface area contributed by atoms with Crippen LogP contribution in [0.5, 0.6) is 0 Å². The zero-order valence-corrected chi connectivity index (χ0v) is 7.69. The summed E-state index contributed by atoms with van der Waals surface area (Å²) in [4.78, 5) is 0. The summed E-state index contributed by atoms with van der Waals surface area (Å²) >= 11 is 0. The van der Waals surface area contributed by atoms with Crippen LogP contribution < -0.4 is 0 Å². The second-order valence-corrected chi connectivity index (χ2v) is 3.39. The van der Waals surface area contributed by atoms with Crippen LogP contribution in [0.3, 0.4) is 0 Å². The van der Waals surface area contributed by atoms with E-state index in [1.807, 2.05) is 0 Å². The molecule has 0 aromatic rings. The van der Waals surface area contributed by atoms with Crippen LogP contribution in [0.25, 0.3) is 0 Å². The van der Waals surface area contributed by atoms with Crippen molar-refractivity contribution < 1.29 is 0 Å². The van der Waals surface area contributed by atoms with E-state index in [1.165, 1.54) is 19.3 Å². The minimum Gasteiger partial charge on any atom is -0.181 e. The first-order valence-corrected chi connectivity index (χ1v) is 4.73. The van der Waals surface area contributed by atoms with Crippen molar-refractivity contribution in [2.75, 3.05) is 0 Å². The average Bonchev–Trinajstić information content (AvgIpc) is 2.61. The Hall–Kier alpha value is -1.24. The molecule has 2 atom stereocenters. The first-order chi connectivity index (χ1) is 6.37. The highest BCUT2D eigenvalue weighted by molar-refractivity contribution is 5.26. The van der Waals surface area contributed by atoms with E-state index in [9.17, 15) is 0 Å². The Morgan fingerprint density at radius 3 is 2.77 bits per heavy atom. The van der Waals surface area contributed by atoms with Gasteiger partial charge in [-0.3, -0.25) is 0 Å². The number of unbranched alkanes of at least 4 members (excludes halogenated alkanes) is 2. The molecule has 2 heterocycles. The molecule has 2 unspecified atom stereocenters. The van der Waals surface area contributed by atoms with Gasteiger partial charge in [0.1, 0.15) is 6.04 Å². The van der Waals surface area contributed by atoms with Crippen molar-refractivity contribution in [3.63, 3.8) is 0 Å². The van der Waals surface area contributed by atoms with Crippen LogP contribution in [0.15, 0.2) is 20.5 Å². The lowest BCUT2D eigenvalue weighted by atomic mass is 9.95. The normalized spacial score (nSPS) is 33.2. The summed E-state index contributed by atoms with van der Waals surface area (Å²) in [6.07, 6.45) is 4.68. The second-order valence-electron chi connectivity index (χ2n) is 3.39.